The molecule has 0 aromatic heterocycles. The van der Waals surface area contributed by atoms with Gasteiger partial charge in [-0.2, -0.15) is 0 Å². The van der Waals surface area contributed by atoms with Crippen LogP contribution in [0.25, 0.3) is 0 Å². The minimum absolute atomic E-state index is 0.197. The van der Waals surface area contributed by atoms with Gasteiger partial charge in [-0.15, -0.1) is 0 Å². The fourth-order valence-electron chi connectivity index (χ4n) is 2.49. The van der Waals surface area contributed by atoms with Crippen molar-refractivity contribution in [2.45, 2.75) is 32.3 Å². The normalized spacial score (nSPS) is 28.2. The third-order valence-electron chi connectivity index (χ3n) is 3.91. The molecule has 2 atom stereocenters. The molecule has 1 aliphatic rings. The summed E-state index contributed by atoms with van der Waals surface area (Å²) in [6.07, 6.45) is 2.05. The average molecular weight is 232 g/mol. The number of hydrogen-bond acceptors (Lipinski definition) is 2. The maximum Gasteiger partial charge on any atom is 0.115 e. The first-order valence-corrected chi connectivity index (χ1v) is 6.10. The van der Waals surface area contributed by atoms with Gasteiger partial charge in [0.05, 0.1) is 5.60 Å². The van der Waals surface area contributed by atoms with Crippen LogP contribution in [-0.2, 0) is 11.2 Å². The molecule has 0 bridgehead atoms. The predicted molar refractivity (Wildman–Crippen MR) is 69.1 cm³/mol. The minimum Gasteiger partial charge on any atom is -0.508 e. The van der Waals surface area contributed by atoms with Crippen molar-refractivity contribution >= 4 is 0 Å². The van der Waals surface area contributed by atoms with Crippen molar-refractivity contribution in [2.24, 2.45) is 5.92 Å². The molecule has 1 aromatic carbocycles. The molecule has 1 fully saturated rings. The molecule has 0 amide bonds. The van der Waals surface area contributed by atoms with Crippen molar-refractivity contribution < 1.29 is 9.84 Å². The summed E-state index contributed by atoms with van der Waals surface area (Å²) in [5.74, 6) is 0.795. The zero-order valence-electron chi connectivity index (χ0n) is 10.6. The maximum absolute atomic E-state index is 9.27. The van der Waals surface area contributed by atoms with Crippen LogP contribution in [0.5, 0.6) is 5.75 Å². The number of ether oxygens (including phenoxy) is 1. The minimum atomic E-state index is -0.197. The third-order valence-corrected chi connectivity index (χ3v) is 3.91. The average Bonchev–Trinajstić information content (AvgIpc) is 2.65. The van der Waals surface area contributed by atoms with Crippen molar-refractivity contribution in [3.8, 4) is 5.75 Å². The summed E-state index contributed by atoms with van der Waals surface area (Å²) in [7, 11) is 0. The summed E-state index contributed by atoms with van der Waals surface area (Å²) < 4.78 is 5.86. The molecule has 1 aliphatic heterocycles. The second kappa shape index (κ2) is 4.53. The highest BCUT2D eigenvalue weighted by Crippen LogP contribution is 2.39. The Balaban J connectivity index is 2.13. The van der Waals surface area contributed by atoms with E-state index in [0.29, 0.717) is 11.7 Å². The topological polar surface area (TPSA) is 29.5 Å². The molecule has 0 saturated carbocycles. The van der Waals surface area contributed by atoms with E-state index in [0.717, 1.165) is 25.0 Å². The maximum atomic E-state index is 9.27. The Bertz CT molecular complexity index is 407. The summed E-state index contributed by atoms with van der Waals surface area (Å²) in [5, 5.41) is 9.27. The Labute approximate surface area is 103 Å². The van der Waals surface area contributed by atoms with Gasteiger partial charge in [-0.1, -0.05) is 18.7 Å². The highest BCUT2D eigenvalue weighted by Gasteiger charge is 2.40. The Morgan fingerprint density at radius 3 is 2.71 bits per heavy atom. The van der Waals surface area contributed by atoms with Gasteiger partial charge in [-0.3, -0.25) is 0 Å². The van der Waals surface area contributed by atoms with E-state index in [4.69, 9.17) is 4.74 Å². The van der Waals surface area contributed by atoms with Gasteiger partial charge >= 0.3 is 0 Å². The molecular weight excluding hydrogens is 212 g/mol. The molecule has 1 N–H and O–H groups in total. The highest BCUT2D eigenvalue weighted by molar-refractivity contribution is 5.27. The summed E-state index contributed by atoms with van der Waals surface area (Å²) in [4.78, 5) is 0. The predicted octanol–water partition coefficient (Wildman–Crippen LogP) is 3.31. The van der Waals surface area contributed by atoms with Crippen LogP contribution in [0.1, 0.15) is 25.8 Å². The van der Waals surface area contributed by atoms with Crippen LogP contribution in [0.15, 0.2) is 36.4 Å². The third kappa shape index (κ3) is 2.37. The largest absolute Gasteiger partial charge is 0.508 e. The van der Waals surface area contributed by atoms with Gasteiger partial charge in [0.15, 0.2) is 0 Å². The lowest BCUT2D eigenvalue weighted by Crippen LogP contribution is -2.33. The van der Waals surface area contributed by atoms with E-state index in [1.807, 2.05) is 19.1 Å². The van der Waals surface area contributed by atoms with E-state index >= 15 is 0 Å². The molecule has 0 radical (unpaired) electrons. The van der Waals surface area contributed by atoms with Crippen LogP contribution in [0.4, 0.5) is 0 Å². The van der Waals surface area contributed by atoms with E-state index in [9.17, 15) is 5.11 Å². The van der Waals surface area contributed by atoms with Crippen molar-refractivity contribution in [3.63, 3.8) is 0 Å². The molecule has 92 valence electrons. The summed E-state index contributed by atoms with van der Waals surface area (Å²) in [5.41, 5.74) is 2.14. The molecular formula is C15H20O2. The van der Waals surface area contributed by atoms with Crippen LogP contribution in [0.2, 0.25) is 0 Å². The Kier molecular flexibility index (Phi) is 3.25. The SMILES string of the molecule is C=C(C)[C@@]1(C)OCC[C@@H]1Cc1ccc(O)cc1. The van der Waals surface area contributed by atoms with Crippen molar-refractivity contribution in [1.29, 1.82) is 0 Å². The van der Waals surface area contributed by atoms with E-state index in [-0.39, 0.29) is 5.60 Å². The smallest absolute Gasteiger partial charge is 0.115 e. The van der Waals surface area contributed by atoms with Gasteiger partial charge in [0, 0.05) is 6.61 Å². The number of rotatable bonds is 3. The van der Waals surface area contributed by atoms with Crippen LogP contribution in [0.3, 0.4) is 0 Å². The molecule has 2 rings (SSSR count). The zero-order chi connectivity index (χ0) is 12.5. The Hall–Kier alpha value is -1.28. The lowest BCUT2D eigenvalue weighted by Gasteiger charge is -2.31. The van der Waals surface area contributed by atoms with Crippen LogP contribution in [0, 0.1) is 5.92 Å². The zero-order valence-corrected chi connectivity index (χ0v) is 10.6. The molecule has 0 unspecified atom stereocenters. The molecule has 1 saturated heterocycles. The number of phenolic OH excluding ortho intramolecular Hbond substituents is 1. The standard InChI is InChI=1S/C15H20O2/c1-11(2)15(3)13(8-9-17-15)10-12-4-6-14(16)7-5-12/h4-7,13,16H,1,8-10H2,2-3H3/t13-,15-/m1/s1. The van der Waals surface area contributed by atoms with Gasteiger partial charge in [0.2, 0.25) is 0 Å². The second-order valence-corrected chi connectivity index (χ2v) is 5.09. The first-order chi connectivity index (χ1) is 8.02. The quantitative estimate of drug-likeness (QED) is 0.810. The number of hydrogen-bond donors (Lipinski definition) is 1. The van der Waals surface area contributed by atoms with Gasteiger partial charge in [-0.25, -0.2) is 0 Å². The van der Waals surface area contributed by atoms with Gasteiger partial charge in [-0.05, 0) is 55.9 Å². The van der Waals surface area contributed by atoms with Crippen LogP contribution in [-0.4, -0.2) is 17.3 Å². The summed E-state index contributed by atoms with van der Waals surface area (Å²) in [6.45, 7) is 9.03. The second-order valence-electron chi connectivity index (χ2n) is 5.09. The lowest BCUT2D eigenvalue weighted by atomic mass is 9.80. The van der Waals surface area contributed by atoms with Gasteiger partial charge < -0.3 is 9.84 Å². The lowest BCUT2D eigenvalue weighted by molar-refractivity contribution is 0.0272. The molecule has 17 heavy (non-hydrogen) atoms. The fraction of sp³-hybridized carbons (Fsp3) is 0.467. The Morgan fingerprint density at radius 1 is 1.47 bits per heavy atom. The molecule has 0 spiro atoms. The van der Waals surface area contributed by atoms with Gasteiger partial charge in [0.25, 0.3) is 0 Å². The Morgan fingerprint density at radius 2 is 2.12 bits per heavy atom. The van der Waals surface area contributed by atoms with Crippen LogP contribution < -0.4 is 0 Å². The summed E-state index contributed by atoms with van der Waals surface area (Å²) in [6, 6.07) is 7.44. The molecule has 0 aliphatic carbocycles. The van der Waals surface area contributed by atoms with E-state index in [1.54, 1.807) is 12.1 Å². The van der Waals surface area contributed by atoms with Crippen LogP contribution >= 0.6 is 0 Å². The van der Waals surface area contributed by atoms with Crippen molar-refractivity contribution in [1.82, 2.24) is 0 Å². The number of benzene rings is 1. The molecule has 1 aromatic rings. The first-order valence-electron chi connectivity index (χ1n) is 6.10. The van der Waals surface area contributed by atoms with Crippen molar-refractivity contribution in [3.05, 3.63) is 42.0 Å². The number of phenols is 1. The van der Waals surface area contributed by atoms with E-state index < -0.39 is 0 Å². The summed E-state index contributed by atoms with van der Waals surface area (Å²) >= 11 is 0. The monoisotopic (exact) mass is 232 g/mol. The molecule has 2 nitrogen and oxygen atoms in total. The van der Waals surface area contributed by atoms with E-state index in [1.165, 1.54) is 5.56 Å². The van der Waals surface area contributed by atoms with Gasteiger partial charge in [0.1, 0.15) is 5.75 Å². The molecule has 1 heterocycles. The first kappa shape index (κ1) is 12.2. The highest BCUT2D eigenvalue weighted by atomic mass is 16.5. The van der Waals surface area contributed by atoms with E-state index in [2.05, 4.69) is 13.5 Å². The molecule has 2 heteroatoms. The van der Waals surface area contributed by atoms with Crippen molar-refractivity contribution in [2.75, 3.05) is 6.61 Å². The fourth-order valence-corrected chi connectivity index (χ4v) is 2.49. The number of aromatic hydroxyl groups is 1.